The molecule has 0 saturated carbocycles. The van der Waals surface area contributed by atoms with Gasteiger partial charge in [-0.05, 0) is 24.0 Å². The van der Waals surface area contributed by atoms with Gasteiger partial charge >= 0.3 is 0 Å². The molecular weight excluding hydrogens is 354 g/mol. The van der Waals surface area contributed by atoms with Crippen molar-refractivity contribution in [2.24, 2.45) is 5.92 Å². The molecule has 4 nitrogen and oxygen atoms in total. The molecule has 1 N–H and O–H groups in total. The molecule has 2 heterocycles. The molecule has 0 aliphatic carbocycles. The molecule has 3 aromatic rings. The van der Waals surface area contributed by atoms with E-state index in [0.29, 0.717) is 6.54 Å². The number of nitrogens with zero attached hydrogens (tertiary/aromatic N) is 2. The third-order valence-corrected chi connectivity index (χ3v) is 6.10. The second-order valence-corrected chi connectivity index (χ2v) is 7.85. The monoisotopic (exact) mass is 377 g/mol. The smallest absolute Gasteiger partial charge is 0.223 e. The van der Waals surface area contributed by atoms with Gasteiger partial charge in [0, 0.05) is 31.7 Å². The lowest BCUT2D eigenvalue weighted by Gasteiger charge is -2.31. The fourth-order valence-electron chi connectivity index (χ4n) is 3.41. The third-order valence-electron chi connectivity index (χ3n) is 5.00. The van der Waals surface area contributed by atoms with Crippen molar-refractivity contribution >= 4 is 22.4 Å². The Labute approximate surface area is 163 Å². The van der Waals surface area contributed by atoms with Gasteiger partial charge in [0.15, 0.2) is 5.13 Å². The summed E-state index contributed by atoms with van der Waals surface area (Å²) in [5.41, 5.74) is 2.34. The molecule has 4 rings (SSSR count). The van der Waals surface area contributed by atoms with Crippen molar-refractivity contribution in [1.82, 2.24) is 10.3 Å². The Bertz CT molecular complexity index is 871. The standard InChI is InChI=1S/C22H23N3OS/c26-21(23-15-17-7-3-1-4-8-17)19-11-13-25(14-12-19)22-24-16-20(27-22)18-9-5-2-6-10-18/h1-10,16,19H,11-15H2,(H,23,26). The highest BCUT2D eigenvalue weighted by Crippen LogP contribution is 2.33. The Kier molecular flexibility index (Phi) is 5.49. The number of aromatic nitrogens is 1. The Morgan fingerprint density at radius 2 is 1.70 bits per heavy atom. The SMILES string of the molecule is O=C(NCc1ccccc1)C1CCN(c2ncc(-c3ccccc3)s2)CC1. The summed E-state index contributed by atoms with van der Waals surface area (Å²) >= 11 is 1.72. The van der Waals surface area contributed by atoms with Crippen LogP contribution in [0.25, 0.3) is 10.4 Å². The van der Waals surface area contributed by atoms with Crippen molar-refractivity contribution in [1.29, 1.82) is 0 Å². The van der Waals surface area contributed by atoms with E-state index in [1.807, 2.05) is 54.7 Å². The molecule has 1 aliphatic heterocycles. The number of benzene rings is 2. The molecule has 1 aromatic heterocycles. The topological polar surface area (TPSA) is 45.2 Å². The summed E-state index contributed by atoms with van der Waals surface area (Å²) in [5.74, 6) is 0.265. The van der Waals surface area contributed by atoms with E-state index in [0.717, 1.165) is 36.6 Å². The second kappa shape index (κ2) is 8.35. The normalized spacial score (nSPS) is 14.9. The zero-order valence-corrected chi connectivity index (χ0v) is 16.0. The van der Waals surface area contributed by atoms with Gasteiger partial charge < -0.3 is 10.2 Å². The van der Waals surface area contributed by atoms with Crippen LogP contribution in [0, 0.1) is 5.92 Å². The number of anilines is 1. The van der Waals surface area contributed by atoms with Gasteiger partial charge in [-0.2, -0.15) is 0 Å². The number of amides is 1. The summed E-state index contributed by atoms with van der Waals surface area (Å²) in [4.78, 5) is 20.6. The summed E-state index contributed by atoms with van der Waals surface area (Å²) < 4.78 is 0. The fourth-order valence-corrected chi connectivity index (χ4v) is 4.38. The third kappa shape index (κ3) is 4.37. The average Bonchev–Trinajstić information content (AvgIpc) is 3.24. The maximum atomic E-state index is 12.5. The molecular formula is C22H23N3OS. The number of thiazole rings is 1. The number of carbonyl (C=O) groups excluding carboxylic acids is 1. The summed E-state index contributed by atoms with van der Waals surface area (Å²) in [6.45, 7) is 2.36. The summed E-state index contributed by atoms with van der Waals surface area (Å²) in [7, 11) is 0. The molecule has 1 amide bonds. The zero-order chi connectivity index (χ0) is 18.5. The quantitative estimate of drug-likeness (QED) is 0.719. The Morgan fingerprint density at radius 1 is 1.04 bits per heavy atom. The van der Waals surface area contributed by atoms with E-state index in [1.165, 1.54) is 10.4 Å². The van der Waals surface area contributed by atoms with Crippen LogP contribution in [0.1, 0.15) is 18.4 Å². The first kappa shape index (κ1) is 17.7. The van der Waals surface area contributed by atoms with Crippen LogP contribution in [-0.4, -0.2) is 24.0 Å². The van der Waals surface area contributed by atoms with Crippen LogP contribution in [0.4, 0.5) is 5.13 Å². The number of rotatable bonds is 5. The molecule has 0 radical (unpaired) electrons. The van der Waals surface area contributed by atoms with Crippen molar-refractivity contribution in [3.8, 4) is 10.4 Å². The molecule has 1 aliphatic rings. The first-order valence-corrected chi connectivity index (χ1v) is 10.2. The van der Waals surface area contributed by atoms with Gasteiger partial charge in [-0.25, -0.2) is 4.98 Å². The molecule has 1 fully saturated rings. The molecule has 0 bridgehead atoms. The van der Waals surface area contributed by atoms with Gasteiger partial charge in [0.05, 0.1) is 4.88 Å². The van der Waals surface area contributed by atoms with E-state index in [9.17, 15) is 4.79 Å². The molecule has 0 unspecified atom stereocenters. The molecule has 27 heavy (non-hydrogen) atoms. The van der Waals surface area contributed by atoms with E-state index in [4.69, 9.17) is 0 Å². The van der Waals surface area contributed by atoms with Gasteiger partial charge in [-0.3, -0.25) is 4.79 Å². The highest BCUT2D eigenvalue weighted by molar-refractivity contribution is 7.18. The van der Waals surface area contributed by atoms with Crippen LogP contribution >= 0.6 is 11.3 Å². The van der Waals surface area contributed by atoms with Crippen molar-refractivity contribution in [3.63, 3.8) is 0 Å². The predicted molar refractivity (Wildman–Crippen MR) is 111 cm³/mol. The molecule has 0 atom stereocenters. The van der Waals surface area contributed by atoms with E-state index in [2.05, 4.69) is 27.3 Å². The number of piperidine rings is 1. The number of hydrogen-bond donors (Lipinski definition) is 1. The largest absolute Gasteiger partial charge is 0.352 e. The lowest BCUT2D eigenvalue weighted by Crippen LogP contribution is -2.40. The molecule has 1 saturated heterocycles. The highest BCUT2D eigenvalue weighted by atomic mass is 32.1. The van der Waals surface area contributed by atoms with E-state index in [-0.39, 0.29) is 11.8 Å². The van der Waals surface area contributed by atoms with Crippen LogP contribution in [0.2, 0.25) is 0 Å². The first-order chi connectivity index (χ1) is 13.3. The van der Waals surface area contributed by atoms with Gasteiger partial charge in [-0.1, -0.05) is 72.0 Å². The van der Waals surface area contributed by atoms with Gasteiger partial charge in [0.25, 0.3) is 0 Å². The maximum Gasteiger partial charge on any atom is 0.223 e. The van der Waals surface area contributed by atoms with Crippen LogP contribution in [0.15, 0.2) is 66.9 Å². The minimum absolute atomic E-state index is 0.0959. The van der Waals surface area contributed by atoms with Crippen LogP contribution in [0.5, 0.6) is 0 Å². The fraction of sp³-hybridized carbons (Fsp3) is 0.273. The average molecular weight is 378 g/mol. The van der Waals surface area contributed by atoms with E-state index >= 15 is 0 Å². The van der Waals surface area contributed by atoms with E-state index < -0.39 is 0 Å². The summed E-state index contributed by atoms with van der Waals surface area (Å²) in [6, 6.07) is 20.4. The molecule has 138 valence electrons. The zero-order valence-electron chi connectivity index (χ0n) is 15.2. The predicted octanol–water partition coefficient (Wildman–Crippen LogP) is 4.34. The Hall–Kier alpha value is -2.66. The van der Waals surface area contributed by atoms with E-state index in [1.54, 1.807) is 11.3 Å². The van der Waals surface area contributed by atoms with Crippen molar-refractivity contribution in [2.75, 3.05) is 18.0 Å². The van der Waals surface area contributed by atoms with Crippen molar-refractivity contribution in [3.05, 3.63) is 72.4 Å². The lowest BCUT2D eigenvalue weighted by molar-refractivity contribution is -0.125. The summed E-state index contributed by atoms with van der Waals surface area (Å²) in [5, 5.41) is 4.13. The van der Waals surface area contributed by atoms with Crippen LogP contribution in [0.3, 0.4) is 0 Å². The number of nitrogens with one attached hydrogen (secondary N) is 1. The second-order valence-electron chi connectivity index (χ2n) is 6.84. The minimum Gasteiger partial charge on any atom is -0.352 e. The van der Waals surface area contributed by atoms with Crippen molar-refractivity contribution < 1.29 is 4.79 Å². The maximum absolute atomic E-state index is 12.5. The van der Waals surface area contributed by atoms with Gasteiger partial charge in [0.1, 0.15) is 0 Å². The number of hydrogen-bond acceptors (Lipinski definition) is 4. The molecule has 2 aromatic carbocycles. The first-order valence-electron chi connectivity index (χ1n) is 9.37. The molecule has 5 heteroatoms. The summed E-state index contributed by atoms with van der Waals surface area (Å²) in [6.07, 6.45) is 3.70. The van der Waals surface area contributed by atoms with Crippen LogP contribution in [-0.2, 0) is 11.3 Å². The van der Waals surface area contributed by atoms with Crippen LogP contribution < -0.4 is 10.2 Å². The van der Waals surface area contributed by atoms with Gasteiger partial charge in [0.2, 0.25) is 5.91 Å². The van der Waals surface area contributed by atoms with Crippen molar-refractivity contribution in [2.45, 2.75) is 19.4 Å². The minimum atomic E-state index is 0.0959. The highest BCUT2D eigenvalue weighted by Gasteiger charge is 2.26. The lowest BCUT2D eigenvalue weighted by atomic mass is 9.96. The van der Waals surface area contributed by atoms with Gasteiger partial charge in [-0.15, -0.1) is 0 Å². The molecule has 0 spiro atoms. The Balaban J connectivity index is 1.30. The number of carbonyl (C=O) groups is 1. The Morgan fingerprint density at radius 3 is 2.41 bits per heavy atom.